The normalized spacial score (nSPS) is 13.4. The highest BCUT2D eigenvalue weighted by Crippen LogP contribution is 2.18. The van der Waals surface area contributed by atoms with E-state index in [0.717, 1.165) is 38.3 Å². The molecular weight excluding hydrogens is 416 g/mol. The van der Waals surface area contributed by atoms with Crippen LogP contribution in [0.4, 0.5) is 0 Å². The Morgan fingerprint density at radius 2 is 0.647 bits per heavy atom. The molecule has 0 fully saturated rings. The zero-order valence-electron chi connectivity index (χ0n) is 24.4. The number of unbranched alkanes of at least 4 members (excludes halogenated alkanes) is 14. The second-order valence-corrected chi connectivity index (χ2v) is 11.2. The first-order chi connectivity index (χ1) is 16.7. The standard InChI is InChI=1S/C32H66O2/c1-5-7-9-11-13-15-17-19-23-31(3)25-21-27-33-29-30-34-28-22-26-32(4)24-20-18-16-14-12-10-8-6-2/h31-32H,5-30H2,1-4H3. The molecular formula is C32H66O2. The van der Waals surface area contributed by atoms with Crippen LogP contribution in [0.15, 0.2) is 0 Å². The van der Waals surface area contributed by atoms with E-state index in [2.05, 4.69) is 27.7 Å². The summed E-state index contributed by atoms with van der Waals surface area (Å²) in [7, 11) is 0. The molecule has 0 aromatic heterocycles. The molecule has 0 amide bonds. The molecule has 0 bridgehead atoms. The molecule has 206 valence electrons. The Balaban J connectivity index is 3.22. The summed E-state index contributed by atoms with van der Waals surface area (Å²) in [5.74, 6) is 1.71. The van der Waals surface area contributed by atoms with E-state index in [1.807, 2.05) is 0 Å². The van der Waals surface area contributed by atoms with Crippen molar-refractivity contribution in [2.45, 2.75) is 169 Å². The zero-order chi connectivity index (χ0) is 25.0. The molecule has 2 heteroatoms. The Kier molecular flexibility index (Phi) is 29.1. The van der Waals surface area contributed by atoms with Gasteiger partial charge in [-0.3, -0.25) is 0 Å². The van der Waals surface area contributed by atoms with Crippen molar-refractivity contribution in [2.24, 2.45) is 11.8 Å². The third-order valence-electron chi connectivity index (χ3n) is 7.44. The molecule has 0 radical (unpaired) electrons. The zero-order valence-corrected chi connectivity index (χ0v) is 24.4. The van der Waals surface area contributed by atoms with Gasteiger partial charge < -0.3 is 9.47 Å². The number of hydrogen-bond donors (Lipinski definition) is 0. The van der Waals surface area contributed by atoms with Gasteiger partial charge in [0.2, 0.25) is 0 Å². The van der Waals surface area contributed by atoms with Gasteiger partial charge in [0.15, 0.2) is 0 Å². The predicted molar refractivity (Wildman–Crippen MR) is 153 cm³/mol. The van der Waals surface area contributed by atoms with Gasteiger partial charge in [-0.1, -0.05) is 143 Å². The highest BCUT2D eigenvalue weighted by Gasteiger charge is 2.04. The lowest BCUT2D eigenvalue weighted by atomic mass is 9.97. The van der Waals surface area contributed by atoms with Gasteiger partial charge in [0.1, 0.15) is 0 Å². The average molecular weight is 483 g/mol. The summed E-state index contributed by atoms with van der Waals surface area (Å²) in [4.78, 5) is 0. The van der Waals surface area contributed by atoms with Crippen LogP contribution in [0, 0.1) is 11.8 Å². The van der Waals surface area contributed by atoms with Crippen LogP contribution in [0.1, 0.15) is 169 Å². The highest BCUT2D eigenvalue weighted by atomic mass is 16.5. The van der Waals surface area contributed by atoms with Crippen molar-refractivity contribution < 1.29 is 9.47 Å². The van der Waals surface area contributed by atoms with Gasteiger partial charge in [-0.2, -0.15) is 0 Å². The second kappa shape index (κ2) is 29.2. The first kappa shape index (κ1) is 33.9. The molecule has 0 heterocycles. The monoisotopic (exact) mass is 483 g/mol. The van der Waals surface area contributed by atoms with Crippen LogP contribution in [0.25, 0.3) is 0 Å². The molecule has 0 saturated carbocycles. The van der Waals surface area contributed by atoms with E-state index < -0.39 is 0 Å². The summed E-state index contributed by atoms with van der Waals surface area (Å²) in [6.45, 7) is 12.8. The molecule has 0 aromatic carbocycles. The molecule has 2 unspecified atom stereocenters. The van der Waals surface area contributed by atoms with Crippen molar-refractivity contribution in [1.82, 2.24) is 0 Å². The largest absolute Gasteiger partial charge is 0.379 e. The quantitative estimate of drug-likeness (QED) is 0.0987. The molecule has 2 atom stereocenters. The van der Waals surface area contributed by atoms with Gasteiger partial charge >= 0.3 is 0 Å². The first-order valence-electron chi connectivity index (χ1n) is 15.9. The smallest absolute Gasteiger partial charge is 0.0700 e. The van der Waals surface area contributed by atoms with Crippen molar-refractivity contribution in [1.29, 1.82) is 0 Å². The maximum Gasteiger partial charge on any atom is 0.0700 e. The number of ether oxygens (including phenoxy) is 2. The highest BCUT2D eigenvalue weighted by molar-refractivity contribution is 4.56. The third kappa shape index (κ3) is 28.2. The van der Waals surface area contributed by atoms with Crippen LogP contribution in [-0.4, -0.2) is 26.4 Å². The second-order valence-electron chi connectivity index (χ2n) is 11.2. The SMILES string of the molecule is CCCCCCCCCCC(C)CCCOCCOCCCC(C)CCCCCCCCCC. The average Bonchev–Trinajstić information content (AvgIpc) is 2.83. The lowest BCUT2D eigenvalue weighted by molar-refractivity contribution is 0.0432. The Labute approximate surface area is 216 Å². The Bertz CT molecular complexity index is 323. The minimum atomic E-state index is 0.764. The molecule has 0 aliphatic rings. The molecule has 0 aliphatic heterocycles. The lowest BCUT2D eigenvalue weighted by Gasteiger charge is -2.12. The summed E-state index contributed by atoms with van der Waals surface area (Å²) in [6.07, 6.45) is 30.6. The molecule has 0 aromatic rings. The molecule has 0 N–H and O–H groups in total. The lowest BCUT2D eigenvalue weighted by Crippen LogP contribution is -2.08. The van der Waals surface area contributed by atoms with E-state index in [-0.39, 0.29) is 0 Å². The van der Waals surface area contributed by atoms with Crippen molar-refractivity contribution in [2.75, 3.05) is 26.4 Å². The van der Waals surface area contributed by atoms with E-state index >= 15 is 0 Å². The third-order valence-corrected chi connectivity index (χ3v) is 7.44. The first-order valence-corrected chi connectivity index (χ1v) is 15.9. The number of hydrogen-bond acceptors (Lipinski definition) is 2. The minimum absolute atomic E-state index is 0.764. The summed E-state index contributed by atoms with van der Waals surface area (Å²) < 4.78 is 11.6. The molecule has 0 aliphatic carbocycles. The van der Waals surface area contributed by atoms with E-state index in [9.17, 15) is 0 Å². The van der Waals surface area contributed by atoms with Crippen molar-refractivity contribution in [3.8, 4) is 0 Å². The van der Waals surface area contributed by atoms with Gasteiger partial charge in [0, 0.05) is 13.2 Å². The molecule has 0 saturated heterocycles. The maximum atomic E-state index is 5.78. The fraction of sp³-hybridized carbons (Fsp3) is 1.00. The number of rotatable bonds is 29. The van der Waals surface area contributed by atoms with Crippen LogP contribution >= 0.6 is 0 Å². The summed E-state index contributed by atoms with van der Waals surface area (Å²) in [5.41, 5.74) is 0. The van der Waals surface area contributed by atoms with Gasteiger partial charge in [-0.25, -0.2) is 0 Å². The fourth-order valence-electron chi connectivity index (χ4n) is 4.93. The van der Waals surface area contributed by atoms with Crippen LogP contribution < -0.4 is 0 Å². The van der Waals surface area contributed by atoms with Gasteiger partial charge in [-0.15, -0.1) is 0 Å². The summed E-state index contributed by atoms with van der Waals surface area (Å²) in [5, 5.41) is 0. The van der Waals surface area contributed by atoms with Crippen LogP contribution in [0.3, 0.4) is 0 Å². The minimum Gasteiger partial charge on any atom is -0.379 e. The topological polar surface area (TPSA) is 18.5 Å². The molecule has 34 heavy (non-hydrogen) atoms. The Morgan fingerprint density at radius 1 is 0.353 bits per heavy atom. The van der Waals surface area contributed by atoms with E-state index in [0.29, 0.717) is 0 Å². The Morgan fingerprint density at radius 3 is 1.00 bits per heavy atom. The van der Waals surface area contributed by atoms with Crippen molar-refractivity contribution in [3.63, 3.8) is 0 Å². The van der Waals surface area contributed by atoms with Crippen molar-refractivity contribution in [3.05, 3.63) is 0 Å². The summed E-state index contributed by atoms with van der Waals surface area (Å²) >= 11 is 0. The van der Waals surface area contributed by atoms with Crippen LogP contribution in [-0.2, 0) is 9.47 Å². The predicted octanol–water partition coefficient (Wildman–Crippen LogP) is 10.9. The van der Waals surface area contributed by atoms with Crippen molar-refractivity contribution >= 4 is 0 Å². The molecule has 0 spiro atoms. The maximum absolute atomic E-state index is 5.78. The van der Waals surface area contributed by atoms with Crippen LogP contribution in [0.2, 0.25) is 0 Å². The van der Waals surface area contributed by atoms with Crippen LogP contribution in [0.5, 0.6) is 0 Å². The van der Waals surface area contributed by atoms with Gasteiger partial charge in [-0.05, 0) is 37.5 Å². The van der Waals surface area contributed by atoms with E-state index in [4.69, 9.17) is 9.47 Å². The van der Waals surface area contributed by atoms with Gasteiger partial charge in [0.05, 0.1) is 13.2 Å². The molecule has 0 rings (SSSR count). The summed E-state index contributed by atoms with van der Waals surface area (Å²) in [6, 6.07) is 0. The van der Waals surface area contributed by atoms with Gasteiger partial charge in [0.25, 0.3) is 0 Å². The fourth-order valence-corrected chi connectivity index (χ4v) is 4.93. The van der Waals surface area contributed by atoms with E-state index in [1.54, 1.807) is 0 Å². The Hall–Kier alpha value is -0.0800. The van der Waals surface area contributed by atoms with E-state index in [1.165, 1.54) is 141 Å². The molecule has 2 nitrogen and oxygen atoms in total.